The zero-order valence-corrected chi connectivity index (χ0v) is 10.7. The molecule has 0 bridgehead atoms. The van der Waals surface area contributed by atoms with E-state index in [0.717, 1.165) is 12.8 Å². The normalized spacial score (nSPS) is 13.0. The summed E-state index contributed by atoms with van der Waals surface area (Å²) in [5.74, 6) is 0.375. The number of nitrogens with one attached hydrogen (secondary N) is 2. The first-order valence-electron chi connectivity index (χ1n) is 6.19. The van der Waals surface area contributed by atoms with Crippen LogP contribution in [0.4, 0.5) is 16.2 Å². The van der Waals surface area contributed by atoms with Gasteiger partial charge >= 0.3 is 6.09 Å². The molecule has 2 amide bonds. The Morgan fingerprint density at radius 3 is 3.16 bits per heavy atom. The number of amides is 2. The number of benzene rings is 1. The lowest BCUT2D eigenvalue weighted by molar-refractivity contribution is -0.118. The number of hydrogen-bond acceptors (Lipinski definition) is 4. The van der Waals surface area contributed by atoms with Crippen molar-refractivity contribution < 1.29 is 19.1 Å². The van der Waals surface area contributed by atoms with Gasteiger partial charge in [0.25, 0.3) is 5.91 Å². The first-order valence-corrected chi connectivity index (χ1v) is 6.19. The molecular formula is C13H16N2O4. The standard InChI is InChI=1S/C13H16N2O4/c1-2-3-6-18-13(17)14-9-4-5-11-10(7-9)15-12(16)8-19-11/h4-5,7H,2-3,6,8H2,1H3,(H,14,17)(H,15,16). The van der Waals surface area contributed by atoms with Crippen molar-refractivity contribution >= 4 is 23.4 Å². The van der Waals surface area contributed by atoms with Crippen LogP contribution in [0, 0.1) is 0 Å². The summed E-state index contributed by atoms with van der Waals surface area (Å²) in [7, 11) is 0. The third-order valence-corrected chi connectivity index (χ3v) is 2.59. The SMILES string of the molecule is CCCCOC(=O)Nc1ccc2c(c1)NC(=O)CO2. The van der Waals surface area contributed by atoms with Gasteiger partial charge in [0.15, 0.2) is 6.61 Å². The smallest absolute Gasteiger partial charge is 0.411 e. The van der Waals surface area contributed by atoms with Crippen LogP contribution in [0.25, 0.3) is 0 Å². The highest BCUT2D eigenvalue weighted by Gasteiger charge is 2.16. The molecule has 0 spiro atoms. The monoisotopic (exact) mass is 264 g/mol. The molecular weight excluding hydrogens is 248 g/mol. The largest absolute Gasteiger partial charge is 0.482 e. The predicted octanol–water partition coefficient (Wildman–Crippen LogP) is 2.37. The Kier molecular flexibility index (Phi) is 4.22. The Morgan fingerprint density at radius 1 is 1.53 bits per heavy atom. The summed E-state index contributed by atoms with van der Waals surface area (Å²) in [6.07, 6.45) is 1.30. The molecule has 2 N–H and O–H groups in total. The topological polar surface area (TPSA) is 76.7 Å². The summed E-state index contributed by atoms with van der Waals surface area (Å²) in [5.41, 5.74) is 1.09. The maximum atomic E-state index is 11.5. The van der Waals surface area contributed by atoms with Crippen LogP contribution < -0.4 is 15.4 Å². The van der Waals surface area contributed by atoms with Gasteiger partial charge in [0.2, 0.25) is 0 Å². The first kappa shape index (κ1) is 13.2. The number of fused-ring (bicyclic) bond motifs is 1. The molecule has 0 saturated heterocycles. The van der Waals surface area contributed by atoms with Crippen LogP contribution >= 0.6 is 0 Å². The van der Waals surface area contributed by atoms with E-state index in [4.69, 9.17) is 9.47 Å². The van der Waals surface area contributed by atoms with Crippen LogP contribution in [0.1, 0.15) is 19.8 Å². The molecule has 6 heteroatoms. The van der Waals surface area contributed by atoms with Gasteiger partial charge in [-0.25, -0.2) is 4.79 Å². The average Bonchev–Trinajstić information content (AvgIpc) is 2.38. The summed E-state index contributed by atoms with van der Waals surface area (Å²) >= 11 is 0. The number of anilines is 2. The zero-order chi connectivity index (χ0) is 13.7. The second kappa shape index (κ2) is 6.08. The van der Waals surface area contributed by atoms with Crippen LogP contribution in [-0.4, -0.2) is 25.2 Å². The molecule has 1 aliphatic rings. The number of unbranched alkanes of at least 4 members (excludes halogenated alkanes) is 1. The highest BCUT2D eigenvalue weighted by atomic mass is 16.5. The van der Waals surface area contributed by atoms with Gasteiger partial charge in [0.1, 0.15) is 5.75 Å². The summed E-state index contributed by atoms with van der Waals surface area (Å²) in [5, 5.41) is 5.27. The van der Waals surface area contributed by atoms with E-state index < -0.39 is 6.09 Å². The number of carbonyl (C=O) groups is 2. The lowest BCUT2D eigenvalue weighted by Gasteiger charge is -2.18. The summed E-state index contributed by atoms with van der Waals surface area (Å²) in [6.45, 7) is 2.43. The first-order chi connectivity index (χ1) is 9.19. The fraction of sp³-hybridized carbons (Fsp3) is 0.385. The number of hydrogen-bond donors (Lipinski definition) is 2. The van der Waals surface area contributed by atoms with E-state index in [2.05, 4.69) is 10.6 Å². The minimum absolute atomic E-state index is 0.0127. The number of rotatable bonds is 4. The van der Waals surface area contributed by atoms with Crippen molar-refractivity contribution in [3.05, 3.63) is 18.2 Å². The van der Waals surface area contributed by atoms with E-state index in [9.17, 15) is 9.59 Å². The Hall–Kier alpha value is -2.24. The molecule has 0 radical (unpaired) electrons. The van der Waals surface area contributed by atoms with Crippen LogP contribution in [0.3, 0.4) is 0 Å². The minimum atomic E-state index is -0.503. The average molecular weight is 264 g/mol. The van der Waals surface area contributed by atoms with Crippen LogP contribution in [0.5, 0.6) is 5.75 Å². The molecule has 102 valence electrons. The Morgan fingerprint density at radius 2 is 2.37 bits per heavy atom. The molecule has 0 fully saturated rings. The quantitative estimate of drug-likeness (QED) is 0.818. The highest BCUT2D eigenvalue weighted by molar-refractivity contribution is 5.96. The number of carbonyl (C=O) groups excluding carboxylic acids is 2. The summed E-state index contributed by atoms with van der Waals surface area (Å²) in [4.78, 5) is 22.7. The van der Waals surface area contributed by atoms with Gasteiger partial charge in [-0.3, -0.25) is 10.1 Å². The second-order valence-electron chi connectivity index (χ2n) is 4.16. The van der Waals surface area contributed by atoms with E-state index in [0.29, 0.717) is 23.7 Å². The molecule has 1 heterocycles. The molecule has 0 atom stereocenters. The molecule has 6 nitrogen and oxygen atoms in total. The van der Waals surface area contributed by atoms with Gasteiger partial charge in [-0.05, 0) is 24.6 Å². The molecule has 1 aromatic rings. The summed E-state index contributed by atoms with van der Waals surface area (Å²) in [6, 6.07) is 5.02. The number of ether oxygens (including phenoxy) is 2. The van der Waals surface area contributed by atoms with Crippen molar-refractivity contribution in [2.24, 2.45) is 0 Å². The van der Waals surface area contributed by atoms with Gasteiger partial charge in [-0.15, -0.1) is 0 Å². The molecule has 0 unspecified atom stereocenters. The fourth-order valence-electron chi connectivity index (χ4n) is 1.62. The van der Waals surface area contributed by atoms with Gasteiger partial charge in [0.05, 0.1) is 12.3 Å². The van der Waals surface area contributed by atoms with E-state index in [-0.39, 0.29) is 12.5 Å². The molecule has 1 aromatic carbocycles. The minimum Gasteiger partial charge on any atom is -0.482 e. The maximum Gasteiger partial charge on any atom is 0.411 e. The fourth-order valence-corrected chi connectivity index (χ4v) is 1.62. The zero-order valence-electron chi connectivity index (χ0n) is 10.7. The molecule has 2 rings (SSSR count). The van der Waals surface area contributed by atoms with Crippen LogP contribution in [0.2, 0.25) is 0 Å². The lowest BCUT2D eigenvalue weighted by atomic mass is 10.2. The van der Waals surface area contributed by atoms with E-state index in [1.54, 1.807) is 18.2 Å². The van der Waals surface area contributed by atoms with Crippen molar-refractivity contribution in [2.75, 3.05) is 23.8 Å². The molecule has 19 heavy (non-hydrogen) atoms. The van der Waals surface area contributed by atoms with E-state index in [1.165, 1.54) is 0 Å². The molecule has 1 aliphatic heterocycles. The van der Waals surface area contributed by atoms with Gasteiger partial charge in [-0.1, -0.05) is 13.3 Å². The van der Waals surface area contributed by atoms with Gasteiger partial charge < -0.3 is 14.8 Å². The molecule has 0 aromatic heterocycles. The molecule has 0 aliphatic carbocycles. The summed E-state index contributed by atoms with van der Waals surface area (Å²) < 4.78 is 10.2. The lowest BCUT2D eigenvalue weighted by Crippen LogP contribution is -2.25. The molecule has 0 saturated carbocycles. The van der Waals surface area contributed by atoms with Crippen molar-refractivity contribution in [1.29, 1.82) is 0 Å². The highest BCUT2D eigenvalue weighted by Crippen LogP contribution is 2.30. The van der Waals surface area contributed by atoms with Crippen molar-refractivity contribution in [3.8, 4) is 5.75 Å². The van der Waals surface area contributed by atoms with Crippen LogP contribution in [0.15, 0.2) is 18.2 Å². The van der Waals surface area contributed by atoms with E-state index in [1.807, 2.05) is 6.92 Å². The van der Waals surface area contributed by atoms with Crippen LogP contribution in [-0.2, 0) is 9.53 Å². The second-order valence-corrected chi connectivity index (χ2v) is 4.16. The Bertz CT molecular complexity index is 488. The third-order valence-electron chi connectivity index (χ3n) is 2.59. The Balaban J connectivity index is 1.96. The van der Waals surface area contributed by atoms with Gasteiger partial charge in [0, 0.05) is 5.69 Å². The third kappa shape index (κ3) is 3.61. The van der Waals surface area contributed by atoms with Crippen molar-refractivity contribution in [1.82, 2.24) is 0 Å². The maximum absolute atomic E-state index is 11.5. The van der Waals surface area contributed by atoms with E-state index >= 15 is 0 Å². The van der Waals surface area contributed by atoms with Crippen molar-refractivity contribution in [2.45, 2.75) is 19.8 Å². The Labute approximate surface area is 111 Å². The van der Waals surface area contributed by atoms with Crippen molar-refractivity contribution in [3.63, 3.8) is 0 Å². The van der Waals surface area contributed by atoms with Gasteiger partial charge in [-0.2, -0.15) is 0 Å². The predicted molar refractivity (Wildman–Crippen MR) is 70.4 cm³/mol.